The zero-order valence-corrected chi connectivity index (χ0v) is 12.8. The van der Waals surface area contributed by atoms with Gasteiger partial charge in [0.15, 0.2) is 0 Å². The smallest absolute Gasteiger partial charge is 0.0728 e. The van der Waals surface area contributed by atoms with Crippen LogP contribution in [0.2, 0.25) is 0 Å². The zero-order chi connectivity index (χ0) is 13.9. The van der Waals surface area contributed by atoms with Crippen LogP contribution in [0.15, 0.2) is 6.20 Å². The van der Waals surface area contributed by atoms with Gasteiger partial charge in [0.05, 0.1) is 11.9 Å². The molecule has 1 fully saturated rings. The lowest BCUT2D eigenvalue weighted by atomic mass is 9.66. The first-order valence-corrected chi connectivity index (χ1v) is 7.60. The summed E-state index contributed by atoms with van der Waals surface area (Å²) in [6.07, 6.45) is 6.98. The molecular weight excluding hydrogens is 236 g/mol. The van der Waals surface area contributed by atoms with Crippen LogP contribution in [-0.4, -0.2) is 28.6 Å². The van der Waals surface area contributed by atoms with Gasteiger partial charge in [-0.05, 0) is 50.6 Å². The fraction of sp³-hybridized carbons (Fsp3) is 0.867. The molecule has 0 bridgehead atoms. The molecule has 108 valence electrons. The van der Waals surface area contributed by atoms with Gasteiger partial charge in [-0.2, -0.15) is 0 Å². The molecule has 1 aliphatic carbocycles. The van der Waals surface area contributed by atoms with Crippen LogP contribution in [0.25, 0.3) is 0 Å². The minimum absolute atomic E-state index is 0.441. The van der Waals surface area contributed by atoms with E-state index in [9.17, 15) is 0 Å². The molecule has 2 unspecified atom stereocenters. The third kappa shape index (κ3) is 3.35. The second kappa shape index (κ2) is 6.04. The van der Waals surface area contributed by atoms with Gasteiger partial charge in [0, 0.05) is 12.5 Å². The van der Waals surface area contributed by atoms with Crippen molar-refractivity contribution in [3.8, 4) is 0 Å². The van der Waals surface area contributed by atoms with E-state index in [0.29, 0.717) is 17.3 Å². The van der Waals surface area contributed by atoms with Crippen molar-refractivity contribution in [2.75, 3.05) is 13.6 Å². The molecule has 0 aliphatic heterocycles. The van der Waals surface area contributed by atoms with Crippen molar-refractivity contribution in [1.29, 1.82) is 0 Å². The molecule has 1 saturated carbocycles. The monoisotopic (exact) mass is 264 g/mol. The first-order valence-electron chi connectivity index (χ1n) is 7.60. The summed E-state index contributed by atoms with van der Waals surface area (Å²) in [5.74, 6) is 1.31. The standard InChI is InChI=1S/C15H28N4/c1-5-8-19-14(11-17-18-19)13-9-15(2,3)7-6-12(13)10-16-4/h11-13,16H,5-10H2,1-4H3. The molecule has 4 nitrogen and oxygen atoms in total. The summed E-state index contributed by atoms with van der Waals surface area (Å²) in [7, 11) is 2.05. The highest BCUT2D eigenvalue weighted by molar-refractivity contribution is 5.09. The minimum Gasteiger partial charge on any atom is -0.319 e. The Morgan fingerprint density at radius 1 is 1.47 bits per heavy atom. The van der Waals surface area contributed by atoms with Crippen LogP contribution in [0, 0.1) is 11.3 Å². The van der Waals surface area contributed by atoms with Crippen LogP contribution in [-0.2, 0) is 6.54 Å². The van der Waals surface area contributed by atoms with Crippen LogP contribution in [0.3, 0.4) is 0 Å². The third-order valence-corrected chi connectivity index (χ3v) is 4.46. The molecular formula is C15H28N4. The average molecular weight is 264 g/mol. The largest absolute Gasteiger partial charge is 0.319 e. The highest BCUT2D eigenvalue weighted by Gasteiger charge is 2.37. The van der Waals surface area contributed by atoms with Gasteiger partial charge in [-0.3, -0.25) is 0 Å². The number of rotatable bonds is 5. The predicted octanol–water partition coefficient (Wildman–Crippen LogP) is 2.82. The third-order valence-electron chi connectivity index (χ3n) is 4.46. The first-order chi connectivity index (χ1) is 9.07. The average Bonchev–Trinajstić information content (AvgIpc) is 2.80. The molecule has 1 N–H and O–H groups in total. The quantitative estimate of drug-likeness (QED) is 0.889. The Balaban J connectivity index is 2.23. The second-order valence-corrected chi connectivity index (χ2v) is 6.71. The number of hydrogen-bond acceptors (Lipinski definition) is 3. The van der Waals surface area contributed by atoms with Gasteiger partial charge < -0.3 is 5.32 Å². The Hall–Kier alpha value is -0.900. The summed E-state index contributed by atoms with van der Waals surface area (Å²) in [5.41, 5.74) is 1.78. The maximum Gasteiger partial charge on any atom is 0.0728 e. The van der Waals surface area contributed by atoms with Crippen LogP contribution >= 0.6 is 0 Å². The Kier molecular flexibility index (Phi) is 4.61. The van der Waals surface area contributed by atoms with Crippen molar-refractivity contribution in [3.63, 3.8) is 0 Å². The lowest BCUT2D eigenvalue weighted by Gasteiger charge is -2.40. The van der Waals surface area contributed by atoms with Crippen molar-refractivity contribution < 1.29 is 0 Å². The van der Waals surface area contributed by atoms with E-state index >= 15 is 0 Å². The second-order valence-electron chi connectivity index (χ2n) is 6.71. The number of nitrogens with zero attached hydrogens (tertiary/aromatic N) is 3. The first kappa shape index (κ1) is 14.5. The van der Waals surface area contributed by atoms with E-state index in [2.05, 4.69) is 48.1 Å². The van der Waals surface area contributed by atoms with E-state index in [0.717, 1.165) is 19.5 Å². The van der Waals surface area contributed by atoms with Crippen molar-refractivity contribution >= 4 is 0 Å². The van der Waals surface area contributed by atoms with Crippen LogP contribution in [0.4, 0.5) is 0 Å². The Morgan fingerprint density at radius 2 is 2.26 bits per heavy atom. The molecule has 19 heavy (non-hydrogen) atoms. The summed E-state index contributed by atoms with van der Waals surface area (Å²) in [6.45, 7) is 9.06. The molecule has 2 atom stereocenters. The number of aryl methyl sites for hydroxylation is 1. The van der Waals surface area contributed by atoms with Crippen LogP contribution in [0.5, 0.6) is 0 Å². The molecule has 0 spiro atoms. The maximum atomic E-state index is 4.27. The van der Waals surface area contributed by atoms with Gasteiger partial charge in [-0.25, -0.2) is 4.68 Å². The molecule has 1 aliphatic rings. The summed E-state index contributed by atoms with van der Waals surface area (Å²) in [5, 5.41) is 11.8. The van der Waals surface area contributed by atoms with E-state index < -0.39 is 0 Å². The molecule has 0 saturated heterocycles. The highest BCUT2D eigenvalue weighted by atomic mass is 15.4. The molecule has 1 heterocycles. The fourth-order valence-electron chi connectivity index (χ4n) is 3.43. The minimum atomic E-state index is 0.441. The topological polar surface area (TPSA) is 42.7 Å². The number of nitrogens with one attached hydrogen (secondary N) is 1. The maximum absolute atomic E-state index is 4.27. The highest BCUT2D eigenvalue weighted by Crippen LogP contribution is 2.46. The predicted molar refractivity (Wildman–Crippen MR) is 78.1 cm³/mol. The van der Waals surface area contributed by atoms with E-state index in [-0.39, 0.29) is 0 Å². The Bertz CT molecular complexity index is 397. The summed E-state index contributed by atoms with van der Waals surface area (Å²) in [4.78, 5) is 0. The summed E-state index contributed by atoms with van der Waals surface area (Å²) in [6, 6.07) is 0. The van der Waals surface area contributed by atoms with E-state index in [1.54, 1.807) is 0 Å². The van der Waals surface area contributed by atoms with Crippen LogP contribution in [0.1, 0.15) is 58.1 Å². The Morgan fingerprint density at radius 3 is 2.95 bits per heavy atom. The zero-order valence-electron chi connectivity index (χ0n) is 12.8. The number of aromatic nitrogens is 3. The SMILES string of the molecule is CCCn1nncc1C1CC(C)(C)CCC1CNC. The fourth-order valence-corrected chi connectivity index (χ4v) is 3.43. The van der Waals surface area contributed by atoms with Gasteiger partial charge in [0.25, 0.3) is 0 Å². The van der Waals surface area contributed by atoms with Gasteiger partial charge >= 0.3 is 0 Å². The summed E-state index contributed by atoms with van der Waals surface area (Å²) >= 11 is 0. The van der Waals surface area contributed by atoms with Gasteiger partial charge in [0.2, 0.25) is 0 Å². The van der Waals surface area contributed by atoms with E-state index in [4.69, 9.17) is 0 Å². The van der Waals surface area contributed by atoms with Gasteiger partial charge in [0.1, 0.15) is 0 Å². The van der Waals surface area contributed by atoms with E-state index in [1.165, 1.54) is 25.0 Å². The lowest BCUT2D eigenvalue weighted by Crippen LogP contribution is -2.34. The number of hydrogen-bond donors (Lipinski definition) is 1. The molecule has 0 radical (unpaired) electrons. The van der Waals surface area contributed by atoms with Gasteiger partial charge in [-0.15, -0.1) is 5.10 Å². The lowest BCUT2D eigenvalue weighted by molar-refractivity contribution is 0.155. The van der Waals surface area contributed by atoms with Crippen LogP contribution < -0.4 is 5.32 Å². The Labute approximate surface area is 117 Å². The van der Waals surface area contributed by atoms with Crippen molar-refractivity contribution in [1.82, 2.24) is 20.3 Å². The van der Waals surface area contributed by atoms with Crippen molar-refractivity contribution in [3.05, 3.63) is 11.9 Å². The molecule has 0 aromatic carbocycles. The molecule has 0 amide bonds. The molecule has 4 heteroatoms. The normalized spacial score (nSPS) is 26.5. The van der Waals surface area contributed by atoms with E-state index in [1.807, 2.05) is 6.20 Å². The van der Waals surface area contributed by atoms with Crippen molar-refractivity contribution in [2.24, 2.45) is 11.3 Å². The van der Waals surface area contributed by atoms with Crippen molar-refractivity contribution in [2.45, 2.75) is 58.9 Å². The molecule has 2 rings (SSSR count). The molecule has 1 aromatic rings. The van der Waals surface area contributed by atoms with Gasteiger partial charge in [-0.1, -0.05) is 26.0 Å². The summed E-state index contributed by atoms with van der Waals surface area (Å²) < 4.78 is 2.12. The molecule has 1 aromatic heterocycles.